The lowest BCUT2D eigenvalue weighted by atomic mass is 9.80. The number of amides is 2. The number of hydrogen-bond acceptors (Lipinski definition) is 4. The molecule has 0 spiro atoms. The number of urea groups is 1. The maximum Gasteiger partial charge on any atom is 0.317 e. The van der Waals surface area contributed by atoms with Gasteiger partial charge in [0.25, 0.3) is 0 Å². The number of ether oxygens (including phenoxy) is 1. The molecule has 1 heterocycles. The first-order valence-corrected chi connectivity index (χ1v) is 6.50. The van der Waals surface area contributed by atoms with Crippen molar-refractivity contribution in [3.63, 3.8) is 0 Å². The number of nitrogens with zero attached hydrogens (tertiary/aromatic N) is 1. The van der Waals surface area contributed by atoms with Gasteiger partial charge in [-0.15, -0.1) is 0 Å². The Morgan fingerprint density at radius 3 is 2.47 bits per heavy atom. The normalized spacial score (nSPS) is 17.8. The van der Waals surface area contributed by atoms with Crippen molar-refractivity contribution >= 4 is 12.0 Å². The summed E-state index contributed by atoms with van der Waals surface area (Å²) in [7, 11) is 0. The van der Waals surface area contributed by atoms with Crippen molar-refractivity contribution in [3.8, 4) is 0 Å². The van der Waals surface area contributed by atoms with Crippen molar-refractivity contribution in [3.05, 3.63) is 0 Å². The molecule has 110 valence electrons. The number of carbonyl (C=O) groups is 2. The molecule has 0 bridgehead atoms. The van der Waals surface area contributed by atoms with Crippen LogP contribution in [0, 0.1) is 5.41 Å². The minimum atomic E-state index is -0.938. The average molecular weight is 274 g/mol. The van der Waals surface area contributed by atoms with Crippen LogP contribution in [0.25, 0.3) is 0 Å². The molecule has 0 unspecified atom stereocenters. The Morgan fingerprint density at radius 2 is 2.00 bits per heavy atom. The largest absolute Gasteiger partial charge is 0.481 e. The number of aliphatic hydroxyl groups is 1. The number of carbonyl (C=O) groups excluding carboxylic acids is 1. The molecule has 1 rings (SSSR count). The van der Waals surface area contributed by atoms with Gasteiger partial charge in [-0.25, -0.2) is 4.79 Å². The zero-order valence-electron chi connectivity index (χ0n) is 11.2. The standard InChI is InChI=1S/C12H22N2O5/c1-2-14(5-6-15)11(18)13-9-12(10(16)17)3-7-19-8-4-12/h15H,2-9H2,1H3,(H,13,18)(H,16,17). The topological polar surface area (TPSA) is 99.1 Å². The number of likely N-dealkylation sites (N-methyl/N-ethyl adjacent to an activating group) is 1. The second kappa shape index (κ2) is 7.30. The summed E-state index contributed by atoms with van der Waals surface area (Å²) in [6, 6.07) is -0.344. The minimum absolute atomic E-state index is 0.0897. The maximum absolute atomic E-state index is 11.9. The monoisotopic (exact) mass is 274 g/mol. The van der Waals surface area contributed by atoms with E-state index in [1.807, 2.05) is 0 Å². The van der Waals surface area contributed by atoms with Crippen LogP contribution < -0.4 is 5.32 Å². The summed E-state index contributed by atoms with van der Waals surface area (Å²) in [5, 5.41) is 20.8. The molecule has 0 aromatic rings. The number of carboxylic acid groups (broad SMARTS) is 1. The predicted octanol–water partition coefficient (Wildman–Crippen LogP) is -0.108. The van der Waals surface area contributed by atoms with Crippen LogP contribution in [0.5, 0.6) is 0 Å². The molecule has 1 saturated heterocycles. The quantitative estimate of drug-likeness (QED) is 0.627. The third-order valence-corrected chi connectivity index (χ3v) is 3.52. The average Bonchev–Trinajstić information content (AvgIpc) is 2.43. The Morgan fingerprint density at radius 1 is 1.37 bits per heavy atom. The highest BCUT2D eigenvalue weighted by atomic mass is 16.5. The van der Waals surface area contributed by atoms with Gasteiger partial charge >= 0.3 is 12.0 Å². The lowest BCUT2D eigenvalue weighted by molar-refractivity contribution is -0.154. The zero-order valence-corrected chi connectivity index (χ0v) is 11.2. The first-order valence-electron chi connectivity index (χ1n) is 6.50. The highest BCUT2D eigenvalue weighted by Gasteiger charge is 2.40. The molecule has 3 N–H and O–H groups in total. The van der Waals surface area contributed by atoms with E-state index in [1.165, 1.54) is 4.90 Å². The Labute approximate surface area is 112 Å². The Kier molecular flexibility index (Phi) is 6.04. The van der Waals surface area contributed by atoms with Crippen LogP contribution in [0.2, 0.25) is 0 Å². The molecule has 7 nitrogen and oxygen atoms in total. The SMILES string of the molecule is CCN(CCO)C(=O)NCC1(C(=O)O)CCOCC1. The van der Waals surface area contributed by atoms with Crippen molar-refractivity contribution in [2.75, 3.05) is 39.5 Å². The van der Waals surface area contributed by atoms with Crippen LogP contribution >= 0.6 is 0 Å². The first kappa shape index (κ1) is 15.7. The minimum Gasteiger partial charge on any atom is -0.481 e. The van der Waals surface area contributed by atoms with Gasteiger partial charge in [0.15, 0.2) is 0 Å². The fourth-order valence-electron chi connectivity index (χ4n) is 2.11. The van der Waals surface area contributed by atoms with Gasteiger partial charge in [0.1, 0.15) is 0 Å². The Balaban J connectivity index is 2.56. The number of carboxylic acids is 1. The summed E-state index contributed by atoms with van der Waals surface area (Å²) in [5.74, 6) is -0.902. The third kappa shape index (κ3) is 4.07. The van der Waals surface area contributed by atoms with Crippen molar-refractivity contribution < 1.29 is 24.5 Å². The molecule has 1 aliphatic heterocycles. The summed E-state index contributed by atoms with van der Waals surface area (Å²) >= 11 is 0. The van der Waals surface area contributed by atoms with Crippen molar-refractivity contribution in [1.82, 2.24) is 10.2 Å². The van der Waals surface area contributed by atoms with E-state index in [0.29, 0.717) is 32.6 Å². The molecule has 0 aromatic heterocycles. The van der Waals surface area contributed by atoms with Crippen LogP contribution in [0.4, 0.5) is 4.79 Å². The molecule has 0 saturated carbocycles. The first-order chi connectivity index (χ1) is 9.05. The Hall–Kier alpha value is -1.34. The van der Waals surface area contributed by atoms with Crippen LogP contribution in [-0.4, -0.2) is 66.6 Å². The van der Waals surface area contributed by atoms with E-state index in [9.17, 15) is 14.7 Å². The van der Waals surface area contributed by atoms with Crippen LogP contribution in [-0.2, 0) is 9.53 Å². The number of rotatable bonds is 6. The summed E-state index contributed by atoms with van der Waals surface area (Å²) < 4.78 is 5.17. The van der Waals surface area contributed by atoms with Gasteiger partial charge in [0.2, 0.25) is 0 Å². The van der Waals surface area contributed by atoms with Crippen LogP contribution in [0.15, 0.2) is 0 Å². The molecular formula is C12H22N2O5. The number of nitrogens with one attached hydrogen (secondary N) is 1. The molecule has 0 aliphatic carbocycles. The molecule has 2 amide bonds. The van der Waals surface area contributed by atoms with Crippen molar-refractivity contribution in [2.45, 2.75) is 19.8 Å². The van der Waals surface area contributed by atoms with Crippen LogP contribution in [0.1, 0.15) is 19.8 Å². The highest BCUT2D eigenvalue weighted by Crippen LogP contribution is 2.30. The summed E-state index contributed by atoms with van der Waals surface area (Å²) in [6.07, 6.45) is 0.795. The maximum atomic E-state index is 11.9. The van der Waals surface area contributed by atoms with E-state index in [1.54, 1.807) is 6.92 Å². The number of aliphatic carboxylic acids is 1. The van der Waals surface area contributed by atoms with E-state index < -0.39 is 11.4 Å². The van der Waals surface area contributed by atoms with Gasteiger partial charge in [0, 0.05) is 32.8 Å². The summed E-state index contributed by atoms with van der Waals surface area (Å²) in [4.78, 5) is 24.7. The zero-order chi connectivity index (χ0) is 14.3. The molecule has 7 heteroatoms. The lowest BCUT2D eigenvalue weighted by Gasteiger charge is -2.33. The van der Waals surface area contributed by atoms with Gasteiger partial charge in [0.05, 0.1) is 12.0 Å². The fraction of sp³-hybridized carbons (Fsp3) is 0.833. The third-order valence-electron chi connectivity index (χ3n) is 3.52. The molecule has 1 aliphatic rings. The van der Waals surface area contributed by atoms with Crippen molar-refractivity contribution in [1.29, 1.82) is 0 Å². The van der Waals surface area contributed by atoms with E-state index in [-0.39, 0.29) is 25.7 Å². The molecular weight excluding hydrogens is 252 g/mol. The smallest absolute Gasteiger partial charge is 0.317 e. The Bertz CT molecular complexity index is 315. The summed E-state index contributed by atoms with van der Waals surface area (Å²) in [5.41, 5.74) is -0.938. The van der Waals surface area contributed by atoms with E-state index in [0.717, 1.165) is 0 Å². The van der Waals surface area contributed by atoms with Gasteiger partial charge in [-0.2, -0.15) is 0 Å². The molecule has 0 aromatic carbocycles. The lowest BCUT2D eigenvalue weighted by Crippen LogP contribution is -2.50. The van der Waals surface area contributed by atoms with Gasteiger partial charge in [-0.3, -0.25) is 4.79 Å². The number of aliphatic hydroxyl groups excluding tert-OH is 1. The predicted molar refractivity (Wildman–Crippen MR) is 67.9 cm³/mol. The highest BCUT2D eigenvalue weighted by molar-refractivity contribution is 5.78. The molecule has 0 radical (unpaired) electrons. The van der Waals surface area contributed by atoms with E-state index in [2.05, 4.69) is 5.32 Å². The second-order valence-corrected chi connectivity index (χ2v) is 4.66. The van der Waals surface area contributed by atoms with Gasteiger partial charge < -0.3 is 25.2 Å². The van der Waals surface area contributed by atoms with E-state index in [4.69, 9.17) is 9.84 Å². The van der Waals surface area contributed by atoms with Crippen LogP contribution in [0.3, 0.4) is 0 Å². The fourth-order valence-corrected chi connectivity index (χ4v) is 2.11. The molecule has 19 heavy (non-hydrogen) atoms. The molecule has 1 fully saturated rings. The molecule has 0 atom stereocenters. The van der Waals surface area contributed by atoms with Crippen molar-refractivity contribution in [2.24, 2.45) is 5.41 Å². The van der Waals surface area contributed by atoms with Gasteiger partial charge in [-0.1, -0.05) is 0 Å². The summed E-state index contributed by atoms with van der Waals surface area (Å²) in [6.45, 7) is 3.29. The second-order valence-electron chi connectivity index (χ2n) is 4.66. The van der Waals surface area contributed by atoms with Gasteiger partial charge in [-0.05, 0) is 19.8 Å². The number of hydrogen-bond donors (Lipinski definition) is 3. The van der Waals surface area contributed by atoms with E-state index >= 15 is 0 Å².